The largest absolute Gasteiger partial charge is 0.497 e. The van der Waals surface area contributed by atoms with E-state index in [0.717, 1.165) is 11.2 Å². The number of nitro benzene ring substituents is 1. The summed E-state index contributed by atoms with van der Waals surface area (Å²) in [5.41, 5.74) is 4.53. The predicted octanol–water partition coefficient (Wildman–Crippen LogP) is 3.68. The number of carbonyl (C=O) groups excluding carboxylic acids is 1. The predicted molar refractivity (Wildman–Crippen MR) is 112 cm³/mol. The van der Waals surface area contributed by atoms with Crippen LogP contribution in [-0.2, 0) is 4.79 Å². The van der Waals surface area contributed by atoms with Crippen molar-refractivity contribution in [2.24, 2.45) is 5.10 Å². The number of rotatable bonds is 7. The van der Waals surface area contributed by atoms with Gasteiger partial charge in [0.15, 0.2) is 6.61 Å². The number of ether oxygens (including phenoxy) is 2. The second-order valence-electron chi connectivity index (χ2n) is 6.03. The van der Waals surface area contributed by atoms with E-state index in [1.54, 1.807) is 31.4 Å². The van der Waals surface area contributed by atoms with Gasteiger partial charge >= 0.3 is 0 Å². The number of non-ortho nitro benzene ring substituents is 1. The molecule has 0 bridgehead atoms. The maximum Gasteiger partial charge on any atom is 0.277 e. The van der Waals surface area contributed by atoms with Crippen molar-refractivity contribution < 1.29 is 19.2 Å². The molecule has 0 spiro atoms. The quantitative estimate of drug-likeness (QED) is 0.316. The molecule has 1 aromatic heterocycles. The third-order valence-electron chi connectivity index (χ3n) is 4.11. The first kappa shape index (κ1) is 20.3. The number of nitrogens with zero attached hydrogens (tertiary/aromatic N) is 2. The monoisotopic (exact) mass is 460 g/mol. The van der Waals surface area contributed by atoms with Crippen LogP contribution in [0.5, 0.6) is 11.5 Å². The fraction of sp³-hybridized carbons (Fsp3) is 0.158. The highest BCUT2D eigenvalue weighted by Gasteiger charge is 2.12. The molecular formula is C19H17BrN4O5. The fourth-order valence-electron chi connectivity index (χ4n) is 2.69. The Hall–Kier alpha value is -3.40. The molecule has 0 atom stereocenters. The van der Waals surface area contributed by atoms with Crippen LogP contribution in [0, 0.1) is 17.0 Å². The Kier molecular flexibility index (Phi) is 6.13. The number of halogens is 1. The molecule has 1 heterocycles. The summed E-state index contributed by atoms with van der Waals surface area (Å²) in [6.45, 7) is 1.58. The van der Waals surface area contributed by atoms with Crippen LogP contribution in [0.3, 0.4) is 0 Å². The van der Waals surface area contributed by atoms with Gasteiger partial charge in [0.25, 0.3) is 11.6 Å². The van der Waals surface area contributed by atoms with Crippen molar-refractivity contribution in [2.45, 2.75) is 6.92 Å². The van der Waals surface area contributed by atoms with E-state index in [1.807, 2.05) is 6.92 Å². The number of carbonyl (C=O) groups is 1. The molecular weight excluding hydrogens is 444 g/mol. The van der Waals surface area contributed by atoms with E-state index in [0.29, 0.717) is 26.9 Å². The minimum atomic E-state index is -0.459. The first-order valence-electron chi connectivity index (χ1n) is 8.44. The van der Waals surface area contributed by atoms with Crippen LogP contribution in [0.1, 0.15) is 11.3 Å². The Bertz CT molecular complexity index is 1110. The molecule has 0 saturated heterocycles. The van der Waals surface area contributed by atoms with Gasteiger partial charge in [-0.1, -0.05) is 0 Å². The molecule has 0 unspecified atom stereocenters. The van der Waals surface area contributed by atoms with Crippen molar-refractivity contribution in [2.75, 3.05) is 13.7 Å². The van der Waals surface area contributed by atoms with Crippen LogP contribution in [0.15, 0.2) is 46.0 Å². The summed E-state index contributed by atoms with van der Waals surface area (Å²) in [5, 5.41) is 15.6. The summed E-state index contributed by atoms with van der Waals surface area (Å²) in [4.78, 5) is 25.6. The van der Waals surface area contributed by atoms with Gasteiger partial charge < -0.3 is 14.5 Å². The topological polar surface area (TPSA) is 119 Å². The molecule has 0 aliphatic rings. The first-order chi connectivity index (χ1) is 13.9. The van der Waals surface area contributed by atoms with Gasteiger partial charge in [-0.15, -0.1) is 0 Å². The van der Waals surface area contributed by atoms with Crippen molar-refractivity contribution in [3.8, 4) is 11.5 Å². The maximum atomic E-state index is 12.0. The van der Waals surface area contributed by atoms with Crippen molar-refractivity contribution in [3.05, 3.63) is 62.2 Å². The van der Waals surface area contributed by atoms with Crippen LogP contribution in [0.25, 0.3) is 10.9 Å². The van der Waals surface area contributed by atoms with E-state index in [9.17, 15) is 14.9 Å². The summed E-state index contributed by atoms with van der Waals surface area (Å²) in [6.07, 6.45) is 1.44. The molecule has 9 nitrogen and oxygen atoms in total. The van der Waals surface area contributed by atoms with Gasteiger partial charge in [0.2, 0.25) is 0 Å². The highest BCUT2D eigenvalue weighted by Crippen LogP contribution is 2.29. The zero-order chi connectivity index (χ0) is 21.0. The highest BCUT2D eigenvalue weighted by molar-refractivity contribution is 9.10. The number of benzene rings is 2. The molecule has 150 valence electrons. The summed E-state index contributed by atoms with van der Waals surface area (Å²) in [7, 11) is 1.56. The van der Waals surface area contributed by atoms with Gasteiger partial charge in [-0.05, 0) is 47.1 Å². The zero-order valence-electron chi connectivity index (χ0n) is 15.6. The Labute approximate surface area is 174 Å². The number of methoxy groups -OCH3 is 1. The molecule has 0 radical (unpaired) electrons. The lowest BCUT2D eigenvalue weighted by molar-refractivity contribution is -0.384. The van der Waals surface area contributed by atoms with Gasteiger partial charge in [-0.25, -0.2) is 5.43 Å². The molecule has 2 N–H and O–H groups in total. The van der Waals surface area contributed by atoms with Crippen LogP contribution in [0.2, 0.25) is 0 Å². The molecule has 10 heteroatoms. The van der Waals surface area contributed by atoms with Gasteiger partial charge in [0, 0.05) is 34.3 Å². The van der Waals surface area contributed by atoms with Crippen molar-refractivity contribution in [1.82, 2.24) is 10.4 Å². The summed E-state index contributed by atoms with van der Waals surface area (Å²) in [6, 6.07) is 9.65. The second kappa shape index (κ2) is 8.74. The maximum absolute atomic E-state index is 12.0. The minimum Gasteiger partial charge on any atom is -0.497 e. The second-order valence-corrected chi connectivity index (χ2v) is 6.88. The third-order valence-corrected chi connectivity index (χ3v) is 4.73. The lowest BCUT2D eigenvalue weighted by Crippen LogP contribution is -2.24. The fourth-order valence-corrected chi connectivity index (χ4v) is 3.16. The smallest absolute Gasteiger partial charge is 0.277 e. The van der Waals surface area contributed by atoms with Gasteiger partial charge in [0.05, 0.1) is 22.7 Å². The van der Waals surface area contributed by atoms with Crippen LogP contribution >= 0.6 is 15.9 Å². The third kappa shape index (κ3) is 4.72. The number of hydrogen-bond acceptors (Lipinski definition) is 6. The molecule has 0 aliphatic heterocycles. The summed E-state index contributed by atoms with van der Waals surface area (Å²) < 4.78 is 11.2. The number of aromatic amines is 1. The zero-order valence-corrected chi connectivity index (χ0v) is 17.1. The van der Waals surface area contributed by atoms with Crippen LogP contribution in [-0.4, -0.2) is 35.7 Å². The van der Waals surface area contributed by atoms with Gasteiger partial charge in [-0.2, -0.15) is 5.10 Å². The van der Waals surface area contributed by atoms with Crippen molar-refractivity contribution in [3.63, 3.8) is 0 Å². The lowest BCUT2D eigenvalue weighted by atomic mass is 10.1. The van der Waals surface area contributed by atoms with E-state index < -0.39 is 10.8 Å². The van der Waals surface area contributed by atoms with Crippen molar-refractivity contribution in [1.29, 1.82) is 0 Å². The molecule has 3 aromatic rings. The number of H-pyrrole nitrogens is 1. The normalized spacial score (nSPS) is 11.0. The molecule has 3 rings (SSSR count). The van der Waals surface area contributed by atoms with E-state index in [4.69, 9.17) is 9.47 Å². The van der Waals surface area contributed by atoms with Crippen LogP contribution in [0.4, 0.5) is 5.69 Å². The number of hydrogen-bond donors (Lipinski definition) is 2. The standard InChI is InChI=1S/C19H17BrN4O5/c1-11-15(14-7-12(24(26)27)3-5-17(14)22-11)9-21-23-19(25)10-29-18-6-4-13(28-2)8-16(18)20/h3-9,22H,10H2,1-2H3,(H,23,25)/b21-9-. The van der Waals surface area contributed by atoms with E-state index in [1.165, 1.54) is 18.3 Å². The lowest BCUT2D eigenvalue weighted by Gasteiger charge is -2.08. The molecule has 0 aliphatic carbocycles. The number of nitro groups is 1. The Morgan fingerprint density at radius 3 is 2.83 bits per heavy atom. The molecule has 0 fully saturated rings. The number of hydrazone groups is 1. The van der Waals surface area contributed by atoms with E-state index in [2.05, 4.69) is 31.4 Å². The Morgan fingerprint density at radius 1 is 1.34 bits per heavy atom. The average Bonchev–Trinajstić information content (AvgIpc) is 3.01. The van der Waals surface area contributed by atoms with Crippen molar-refractivity contribution >= 4 is 44.6 Å². The van der Waals surface area contributed by atoms with Gasteiger partial charge in [0.1, 0.15) is 11.5 Å². The van der Waals surface area contributed by atoms with E-state index >= 15 is 0 Å². The number of aryl methyl sites for hydroxylation is 1. The highest BCUT2D eigenvalue weighted by atomic mass is 79.9. The molecule has 0 saturated carbocycles. The average molecular weight is 461 g/mol. The molecule has 29 heavy (non-hydrogen) atoms. The SMILES string of the molecule is COc1ccc(OCC(=O)N/N=C\c2c(C)[nH]c3ccc([N+](=O)[O-])cc23)c(Br)c1. The number of amides is 1. The minimum absolute atomic E-state index is 0.0198. The first-order valence-corrected chi connectivity index (χ1v) is 9.23. The molecule has 2 aromatic carbocycles. The summed E-state index contributed by atoms with van der Waals surface area (Å²) in [5.74, 6) is 0.699. The van der Waals surface area contributed by atoms with E-state index in [-0.39, 0.29) is 12.3 Å². The van der Waals surface area contributed by atoms with Crippen LogP contribution < -0.4 is 14.9 Å². The number of nitrogens with one attached hydrogen (secondary N) is 2. The Morgan fingerprint density at radius 2 is 2.14 bits per heavy atom. The molecule has 1 amide bonds. The Balaban J connectivity index is 1.65. The number of fused-ring (bicyclic) bond motifs is 1. The summed E-state index contributed by atoms with van der Waals surface area (Å²) >= 11 is 3.35. The van der Waals surface area contributed by atoms with Gasteiger partial charge in [-0.3, -0.25) is 14.9 Å². The number of aromatic nitrogens is 1.